The van der Waals surface area contributed by atoms with Gasteiger partial charge in [-0.1, -0.05) is 6.07 Å². The van der Waals surface area contributed by atoms with Crippen molar-refractivity contribution < 1.29 is 4.79 Å². The van der Waals surface area contributed by atoms with E-state index < -0.39 is 0 Å². The predicted molar refractivity (Wildman–Crippen MR) is 112 cm³/mol. The van der Waals surface area contributed by atoms with Gasteiger partial charge < -0.3 is 9.80 Å². The highest BCUT2D eigenvalue weighted by molar-refractivity contribution is 5.76. The van der Waals surface area contributed by atoms with E-state index in [0.717, 1.165) is 43.7 Å². The zero-order chi connectivity index (χ0) is 20.1. The minimum atomic E-state index is 0.130. The van der Waals surface area contributed by atoms with Gasteiger partial charge >= 0.3 is 0 Å². The number of rotatable bonds is 2. The highest BCUT2D eigenvalue weighted by Crippen LogP contribution is 2.38. The van der Waals surface area contributed by atoms with Gasteiger partial charge in [-0.2, -0.15) is 10.2 Å². The second kappa shape index (κ2) is 6.76. The molecule has 0 atom stereocenters. The van der Waals surface area contributed by atoms with Gasteiger partial charge in [0.15, 0.2) is 5.82 Å². The summed E-state index contributed by atoms with van der Waals surface area (Å²) in [5.74, 6) is 1.13. The van der Waals surface area contributed by atoms with Crippen LogP contribution in [0.3, 0.4) is 0 Å². The van der Waals surface area contributed by atoms with Gasteiger partial charge in [-0.25, -0.2) is 0 Å². The molecule has 1 amide bonds. The molecule has 7 heteroatoms. The maximum absolute atomic E-state index is 12.0. The Hall–Kier alpha value is -3.09. The molecule has 0 aliphatic carbocycles. The van der Waals surface area contributed by atoms with E-state index in [-0.39, 0.29) is 5.91 Å². The third kappa shape index (κ3) is 3.01. The molecule has 1 aromatic carbocycles. The number of amides is 1. The summed E-state index contributed by atoms with van der Waals surface area (Å²) in [4.78, 5) is 16.2. The maximum Gasteiger partial charge on any atom is 0.219 e. The first-order chi connectivity index (χ1) is 14.0. The van der Waals surface area contributed by atoms with Crippen molar-refractivity contribution in [3.63, 3.8) is 0 Å². The summed E-state index contributed by atoms with van der Waals surface area (Å²) in [6.45, 7) is 4.01. The van der Waals surface area contributed by atoms with Crippen molar-refractivity contribution in [3.05, 3.63) is 47.4 Å². The molecule has 4 heterocycles. The van der Waals surface area contributed by atoms with E-state index in [9.17, 15) is 4.79 Å². The molecule has 3 aromatic rings. The van der Waals surface area contributed by atoms with Crippen molar-refractivity contribution in [1.29, 1.82) is 0 Å². The normalized spacial score (nSPS) is 16.0. The van der Waals surface area contributed by atoms with E-state index in [1.54, 1.807) is 6.92 Å². The van der Waals surface area contributed by atoms with Gasteiger partial charge in [0.2, 0.25) is 5.91 Å². The molecule has 0 bridgehead atoms. The van der Waals surface area contributed by atoms with Crippen molar-refractivity contribution in [2.45, 2.75) is 32.7 Å². The molecular weight excluding hydrogens is 364 g/mol. The number of hydrogen-bond donors (Lipinski definition) is 0. The van der Waals surface area contributed by atoms with E-state index in [0.29, 0.717) is 6.54 Å². The molecular formula is C22H26N6O. The molecule has 0 fully saturated rings. The predicted octanol–water partition coefficient (Wildman–Crippen LogP) is 2.81. The molecule has 0 saturated carbocycles. The quantitative estimate of drug-likeness (QED) is 0.675. The van der Waals surface area contributed by atoms with Crippen LogP contribution in [0.2, 0.25) is 0 Å². The van der Waals surface area contributed by atoms with Gasteiger partial charge in [-0.05, 0) is 36.1 Å². The van der Waals surface area contributed by atoms with Crippen LogP contribution in [0.25, 0.3) is 11.1 Å². The Morgan fingerprint density at radius 2 is 1.97 bits per heavy atom. The van der Waals surface area contributed by atoms with Crippen LogP contribution in [0, 0.1) is 0 Å². The molecule has 5 rings (SSSR count). The largest absolute Gasteiger partial charge is 0.338 e. The first-order valence-corrected chi connectivity index (χ1v) is 10.2. The van der Waals surface area contributed by atoms with Gasteiger partial charge in [-0.15, -0.1) is 0 Å². The molecule has 29 heavy (non-hydrogen) atoms. The van der Waals surface area contributed by atoms with Crippen LogP contribution >= 0.6 is 0 Å². The third-order valence-corrected chi connectivity index (χ3v) is 6.16. The van der Waals surface area contributed by atoms with Crippen LogP contribution in [0.15, 0.2) is 30.6 Å². The van der Waals surface area contributed by atoms with Crippen LogP contribution < -0.4 is 4.90 Å². The number of fused-ring (bicyclic) bond motifs is 2. The number of aromatic nitrogens is 4. The van der Waals surface area contributed by atoms with E-state index in [2.05, 4.69) is 28.2 Å². The maximum atomic E-state index is 12.0. The van der Waals surface area contributed by atoms with Crippen molar-refractivity contribution in [1.82, 2.24) is 24.5 Å². The van der Waals surface area contributed by atoms with Crippen LogP contribution in [-0.4, -0.2) is 43.5 Å². The minimum Gasteiger partial charge on any atom is -0.338 e. The van der Waals surface area contributed by atoms with Crippen molar-refractivity contribution in [3.8, 4) is 11.1 Å². The molecule has 0 N–H and O–H groups in total. The number of benzene rings is 1. The van der Waals surface area contributed by atoms with Gasteiger partial charge in [-0.3, -0.25) is 14.2 Å². The van der Waals surface area contributed by atoms with E-state index in [1.807, 2.05) is 40.8 Å². The molecule has 150 valence electrons. The molecule has 0 radical (unpaired) electrons. The summed E-state index contributed by atoms with van der Waals surface area (Å²) in [5.41, 5.74) is 7.35. The van der Waals surface area contributed by atoms with Crippen LogP contribution in [0.5, 0.6) is 0 Å². The smallest absolute Gasteiger partial charge is 0.219 e. The average Bonchev–Trinajstić information content (AvgIpc) is 3.30. The number of carbonyl (C=O) groups is 1. The zero-order valence-electron chi connectivity index (χ0n) is 17.2. The lowest BCUT2D eigenvalue weighted by Crippen LogP contribution is -2.35. The molecule has 7 nitrogen and oxygen atoms in total. The van der Waals surface area contributed by atoms with Crippen molar-refractivity contribution >= 4 is 17.4 Å². The topological polar surface area (TPSA) is 59.2 Å². The Morgan fingerprint density at radius 3 is 2.72 bits per heavy atom. The Balaban J connectivity index is 1.54. The molecule has 0 unspecified atom stereocenters. The van der Waals surface area contributed by atoms with E-state index in [1.165, 1.54) is 28.1 Å². The van der Waals surface area contributed by atoms with Gasteiger partial charge in [0, 0.05) is 69.2 Å². The second-order valence-corrected chi connectivity index (χ2v) is 8.06. The molecule has 0 saturated heterocycles. The summed E-state index contributed by atoms with van der Waals surface area (Å²) in [6, 6.07) is 6.67. The Kier molecular flexibility index (Phi) is 4.19. The van der Waals surface area contributed by atoms with Gasteiger partial charge in [0.25, 0.3) is 0 Å². The van der Waals surface area contributed by atoms with Gasteiger partial charge in [0.05, 0.1) is 12.7 Å². The van der Waals surface area contributed by atoms with E-state index >= 15 is 0 Å². The zero-order valence-corrected chi connectivity index (χ0v) is 17.2. The SMILES string of the molecule is CC(=O)N1CCc2c(c(N3CCCc4cc(-c5cnn(C)c5)ccc43)nn2C)C1. The fourth-order valence-electron chi connectivity index (χ4n) is 4.63. The van der Waals surface area contributed by atoms with E-state index in [4.69, 9.17) is 5.10 Å². The fraction of sp³-hybridized carbons (Fsp3) is 0.409. The van der Waals surface area contributed by atoms with Gasteiger partial charge in [0.1, 0.15) is 0 Å². The molecule has 0 spiro atoms. The summed E-state index contributed by atoms with van der Waals surface area (Å²) in [6.07, 6.45) is 6.97. The summed E-state index contributed by atoms with van der Waals surface area (Å²) >= 11 is 0. The number of aryl methyl sites for hydroxylation is 3. The number of anilines is 2. The molecule has 2 aromatic heterocycles. The molecule has 2 aliphatic heterocycles. The Labute approximate surface area is 170 Å². The summed E-state index contributed by atoms with van der Waals surface area (Å²) in [5, 5.41) is 9.18. The Bertz CT molecular complexity index is 1090. The minimum absolute atomic E-state index is 0.130. The lowest BCUT2D eigenvalue weighted by molar-refractivity contribution is -0.129. The average molecular weight is 390 g/mol. The van der Waals surface area contributed by atoms with Crippen LogP contribution in [-0.2, 0) is 38.3 Å². The third-order valence-electron chi connectivity index (χ3n) is 6.16. The summed E-state index contributed by atoms with van der Waals surface area (Å²) in [7, 11) is 3.96. The van der Waals surface area contributed by atoms with Crippen LogP contribution in [0.4, 0.5) is 11.5 Å². The fourth-order valence-corrected chi connectivity index (χ4v) is 4.63. The second-order valence-electron chi connectivity index (χ2n) is 8.06. The number of hydrogen-bond acceptors (Lipinski definition) is 4. The first kappa shape index (κ1) is 18.0. The highest BCUT2D eigenvalue weighted by Gasteiger charge is 2.30. The Morgan fingerprint density at radius 1 is 1.10 bits per heavy atom. The monoisotopic (exact) mass is 390 g/mol. The number of carbonyl (C=O) groups excluding carboxylic acids is 1. The lowest BCUT2D eigenvalue weighted by Gasteiger charge is -2.32. The highest BCUT2D eigenvalue weighted by atomic mass is 16.2. The lowest BCUT2D eigenvalue weighted by atomic mass is 9.96. The standard InChI is InChI=1S/C22H26N6O/c1-15(29)27-10-8-21-19(14-27)22(24-26(21)3)28-9-4-5-17-11-16(6-7-20(17)28)18-12-23-25(2)13-18/h6-7,11-13H,4-5,8-10,14H2,1-3H3. The number of nitrogens with zero attached hydrogens (tertiary/aromatic N) is 6. The van der Waals surface area contributed by atoms with Crippen molar-refractivity contribution in [2.75, 3.05) is 18.0 Å². The first-order valence-electron chi connectivity index (χ1n) is 10.2. The molecule has 2 aliphatic rings. The van der Waals surface area contributed by atoms with Crippen LogP contribution in [0.1, 0.15) is 30.2 Å². The van der Waals surface area contributed by atoms with Crippen molar-refractivity contribution in [2.24, 2.45) is 14.1 Å². The summed E-state index contributed by atoms with van der Waals surface area (Å²) < 4.78 is 3.84.